The zero-order valence-corrected chi connectivity index (χ0v) is 20.0. The summed E-state index contributed by atoms with van der Waals surface area (Å²) in [7, 11) is 0. The van der Waals surface area contributed by atoms with Crippen LogP contribution in [0.1, 0.15) is 31.8 Å². The Balaban J connectivity index is 1.35. The standard InChI is InChI=1S/C28H26ClN3O3/c29-24-13-7-6-12-23(24)27(34)32-19-22-11-5-4-10-21(22)18-25(32)28(35)31-16-14-30(15-17-31)26(33)20-8-2-1-3-9-20/h1-13,25H,14-19H2. The lowest BCUT2D eigenvalue weighted by Gasteiger charge is -2.41. The van der Waals surface area contributed by atoms with Gasteiger partial charge in [-0.3, -0.25) is 14.4 Å². The summed E-state index contributed by atoms with van der Waals surface area (Å²) in [5.41, 5.74) is 3.15. The van der Waals surface area contributed by atoms with E-state index in [-0.39, 0.29) is 17.7 Å². The van der Waals surface area contributed by atoms with Gasteiger partial charge in [0.25, 0.3) is 11.8 Å². The van der Waals surface area contributed by atoms with Gasteiger partial charge in [0.15, 0.2) is 0 Å². The predicted molar refractivity (Wildman–Crippen MR) is 134 cm³/mol. The van der Waals surface area contributed by atoms with Crippen LogP contribution < -0.4 is 0 Å². The fourth-order valence-electron chi connectivity index (χ4n) is 4.85. The van der Waals surface area contributed by atoms with Crippen LogP contribution in [0.2, 0.25) is 5.02 Å². The zero-order valence-electron chi connectivity index (χ0n) is 19.3. The van der Waals surface area contributed by atoms with Crippen LogP contribution in [0.5, 0.6) is 0 Å². The molecule has 3 aromatic rings. The van der Waals surface area contributed by atoms with E-state index in [0.717, 1.165) is 11.1 Å². The first-order valence-electron chi connectivity index (χ1n) is 11.8. The average molecular weight is 488 g/mol. The first-order chi connectivity index (χ1) is 17.0. The average Bonchev–Trinajstić information content (AvgIpc) is 2.92. The number of fused-ring (bicyclic) bond motifs is 1. The number of halogens is 1. The van der Waals surface area contributed by atoms with Crippen LogP contribution in [0.3, 0.4) is 0 Å². The number of amides is 3. The number of nitrogens with zero attached hydrogens (tertiary/aromatic N) is 3. The van der Waals surface area contributed by atoms with Crippen LogP contribution in [0.15, 0.2) is 78.9 Å². The summed E-state index contributed by atoms with van der Waals surface area (Å²) in [5.74, 6) is -0.368. The zero-order chi connectivity index (χ0) is 24.4. The highest BCUT2D eigenvalue weighted by Gasteiger charge is 2.38. The molecule has 2 aliphatic rings. The molecule has 0 spiro atoms. The van der Waals surface area contributed by atoms with E-state index >= 15 is 0 Å². The summed E-state index contributed by atoms with van der Waals surface area (Å²) < 4.78 is 0. The number of carbonyl (C=O) groups is 3. The maximum Gasteiger partial charge on any atom is 0.256 e. The Morgan fingerprint density at radius 3 is 2.00 bits per heavy atom. The van der Waals surface area contributed by atoms with Crippen LogP contribution >= 0.6 is 11.6 Å². The van der Waals surface area contributed by atoms with Crippen LogP contribution in [0, 0.1) is 0 Å². The van der Waals surface area contributed by atoms with Gasteiger partial charge in [0.2, 0.25) is 5.91 Å². The maximum absolute atomic E-state index is 13.7. The molecule has 35 heavy (non-hydrogen) atoms. The molecule has 1 unspecified atom stereocenters. The van der Waals surface area contributed by atoms with Crippen molar-refractivity contribution in [2.45, 2.75) is 19.0 Å². The van der Waals surface area contributed by atoms with Crippen molar-refractivity contribution in [3.05, 3.63) is 106 Å². The van der Waals surface area contributed by atoms with E-state index in [4.69, 9.17) is 11.6 Å². The molecule has 6 nitrogen and oxygen atoms in total. The molecule has 0 aliphatic carbocycles. The van der Waals surface area contributed by atoms with Crippen molar-refractivity contribution < 1.29 is 14.4 Å². The molecular formula is C28H26ClN3O3. The van der Waals surface area contributed by atoms with Gasteiger partial charge in [-0.2, -0.15) is 0 Å². The molecule has 2 aliphatic heterocycles. The normalized spacial score (nSPS) is 17.6. The largest absolute Gasteiger partial charge is 0.337 e. The summed E-state index contributed by atoms with van der Waals surface area (Å²) in [6, 6.07) is 23.4. The molecule has 3 aromatic carbocycles. The molecule has 1 fully saturated rings. The molecule has 1 atom stereocenters. The molecule has 0 saturated carbocycles. The molecule has 0 radical (unpaired) electrons. The second-order valence-corrected chi connectivity index (χ2v) is 9.29. The lowest BCUT2D eigenvalue weighted by molar-refractivity contribution is -0.138. The third-order valence-electron chi connectivity index (χ3n) is 6.80. The molecule has 0 aromatic heterocycles. The summed E-state index contributed by atoms with van der Waals surface area (Å²) in [6.45, 7) is 2.14. The van der Waals surface area contributed by atoms with Gasteiger partial charge in [-0.05, 0) is 35.4 Å². The second-order valence-electron chi connectivity index (χ2n) is 8.89. The molecule has 5 rings (SSSR count). The highest BCUT2D eigenvalue weighted by atomic mass is 35.5. The Labute approximate surface area is 209 Å². The second kappa shape index (κ2) is 9.92. The fraction of sp³-hybridized carbons (Fsp3) is 0.250. The minimum Gasteiger partial charge on any atom is -0.337 e. The van der Waals surface area contributed by atoms with E-state index in [1.54, 1.807) is 51.1 Å². The fourth-order valence-corrected chi connectivity index (χ4v) is 5.07. The van der Waals surface area contributed by atoms with Gasteiger partial charge in [0, 0.05) is 44.7 Å². The molecule has 0 bridgehead atoms. The first kappa shape index (κ1) is 23.1. The van der Waals surface area contributed by atoms with E-state index in [9.17, 15) is 14.4 Å². The van der Waals surface area contributed by atoms with Gasteiger partial charge in [0.1, 0.15) is 6.04 Å². The van der Waals surface area contributed by atoms with E-state index in [0.29, 0.717) is 55.3 Å². The van der Waals surface area contributed by atoms with Crippen molar-refractivity contribution in [3.63, 3.8) is 0 Å². The van der Waals surface area contributed by atoms with Crippen molar-refractivity contribution in [2.75, 3.05) is 26.2 Å². The van der Waals surface area contributed by atoms with Gasteiger partial charge in [-0.1, -0.05) is 66.2 Å². The Morgan fingerprint density at radius 1 is 0.686 bits per heavy atom. The number of carbonyl (C=O) groups excluding carboxylic acids is 3. The third-order valence-corrected chi connectivity index (χ3v) is 7.13. The lowest BCUT2D eigenvalue weighted by Crippen LogP contribution is -2.58. The molecule has 2 heterocycles. The smallest absolute Gasteiger partial charge is 0.256 e. The number of hydrogen-bond acceptors (Lipinski definition) is 3. The number of hydrogen-bond donors (Lipinski definition) is 0. The van der Waals surface area contributed by atoms with Gasteiger partial charge in [-0.15, -0.1) is 0 Å². The summed E-state index contributed by atoms with van der Waals surface area (Å²) in [6.07, 6.45) is 0.453. The van der Waals surface area contributed by atoms with Crippen molar-refractivity contribution in [1.82, 2.24) is 14.7 Å². The quantitative estimate of drug-likeness (QED) is 0.563. The van der Waals surface area contributed by atoms with E-state index < -0.39 is 6.04 Å². The van der Waals surface area contributed by atoms with Gasteiger partial charge >= 0.3 is 0 Å². The number of piperazine rings is 1. The molecule has 1 saturated heterocycles. The Bertz CT molecular complexity index is 1260. The van der Waals surface area contributed by atoms with E-state index in [2.05, 4.69) is 0 Å². The van der Waals surface area contributed by atoms with Gasteiger partial charge < -0.3 is 14.7 Å². The monoisotopic (exact) mass is 487 g/mol. The summed E-state index contributed by atoms with van der Waals surface area (Å²) >= 11 is 6.33. The van der Waals surface area contributed by atoms with Crippen molar-refractivity contribution in [3.8, 4) is 0 Å². The van der Waals surface area contributed by atoms with E-state index in [1.807, 2.05) is 42.5 Å². The van der Waals surface area contributed by atoms with Crippen LogP contribution in [-0.2, 0) is 17.8 Å². The van der Waals surface area contributed by atoms with Gasteiger partial charge in [-0.25, -0.2) is 0 Å². The maximum atomic E-state index is 13.7. The highest BCUT2D eigenvalue weighted by molar-refractivity contribution is 6.33. The van der Waals surface area contributed by atoms with Crippen molar-refractivity contribution in [2.24, 2.45) is 0 Å². The van der Waals surface area contributed by atoms with Crippen molar-refractivity contribution >= 4 is 29.3 Å². The highest BCUT2D eigenvalue weighted by Crippen LogP contribution is 2.28. The molecular weight excluding hydrogens is 462 g/mol. The van der Waals surface area contributed by atoms with Crippen molar-refractivity contribution in [1.29, 1.82) is 0 Å². The topological polar surface area (TPSA) is 60.9 Å². The minimum atomic E-state index is -0.620. The Morgan fingerprint density at radius 2 is 1.29 bits per heavy atom. The van der Waals surface area contributed by atoms with Gasteiger partial charge in [0.05, 0.1) is 10.6 Å². The molecule has 7 heteroatoms. The van der Waals surface area contributed by atoms with Crippen LogP contribution in [0.25, 0.3) is 0 Å². The van der Waals surface area contributed by atoms with E-state index in [1.165, 1.54) is 0 Å². The van der Waals surface area contributed by atoms with Crippen LogP contribution in [0.4, 0.5) is 0 Å². The Kier molecular flexibility index (Phi) is 6.55. The first-order valence-corrected chi connectivity index (χ1v) is 12.2. The van der Waals surface area contributed by atoms with Crippen LogP contribution in [-0.4, -0.2) is 64.6 Å². The third kappa shape index (κ3) is 4.66. The molecule has 0 N–H and O–H groups in total. The number of benzene rings is 3. The molecule has 3 amide bonds. The predicted octanol–water partition coefficient (Wildman–Crippen LogP) is 3.89. The summed E-state index contributed by atoms with van der Waals surface area (Å²) in [5, 5.41) is 0.371. The molecule has 178 valence electrons. The minimum absolute atomic E-state index is 0.0279. The Hall–Kier alpha value is -3.64. The number of rotatable bonds is 3. The SMILES string of the molecule is O=C(c1ccccc1)N1CCN(C(=O)C2Cc3ccccc3CN2C(=O)c2ccccc2Cl)CC1. The lowest BCUT2D eigenvalue weighted by atomic mass is 9.92. The summed E-state index contributed by atoms with van der Waals surface area (Å²) in [4.78, 5) is 45.3.